The third kappa shape index (κ3) is 1.65. The molecule has 1 aliphatic rings. The smallest absolute Gasteiger partial charge is 0.00785 e. The molecule has 1 aliphatic carbocycles. The SMILES string of the molecule is CC1CCC(S)C(C)C1S. The van der Waals surface area contributed by atoms with Crippen molar-refractivity contribution < 1.29 is 0 Å². The third-order valence-electron chi connectivity index (χ3n) is 2.65. The first-order valence-corrected chi connectivity index (χ1v) is 5.02. The summed E-state index contributed by atoms with van der Waals surface area (Å²) in [7, 11) is 0. The van der Waals surface area contributed by atoms with Crippen molar-refractivity contribution in [1.82, 2.24) is 0 Å². The Bertz CT molecular complexity index is 99.8. The van der Waals surface area contributed by atoms with Gasteiger partial charge in [-0.15, -0.1) is 0 Å². The van der Waals surface area contributed by atoms with Gasteiger partial charge in [0.05, 0.1) is 0 Å². The summed E-state index contributed by atoms with van der Waals surface area (Å²) >= 11 is 9.07. The van der Waals surface area contributed by atoms with Gasteiger partial charge >= 0.3 is 0 Å². The highest BCUT2D eigenvalue weighted by molar-refractivity contribution is 7.82. The van der Waals surface area contributed by atoms with Crippen LogP contribution in [0.25, 0.3) is 0 Å². The summed E-state index contributed by atoms with van der Waals surface area (Å²) in [5.74, 6) is 1.46. The number of hydrogen-bond donors (Lipinski definition) is 2. The summed E-state index contributed by atoms with van der Waals surface area (Å²) in [6.45, 7) is 4.54. The van der Waals surface area contributed by atoms with Gasteiger partial charge in [-0.2, -0.15) is 25.3 Å². The van der Waals surface area contributed by atoms with E-state index in [1.54, 1.807) is 0 Å². The molecular weight excluding hydrogens is 160 g/mol. The van der Waals surface area contributed by atoms with E-state index in [1.807, 2.05) is 0 Å². The molecule has 1 saturated carbocycles. The van der Waals surface area contributed by atoms with Crippen LogP contribution < -0.4 is 0 Å². The van der Waals surface area contributed by atoms with E-state index in [0.29, 0.717) is 16.4 Å². The van der Waals surface area contributed by atoms with Gasteiger partial charge in [-0.3, -0.25) is 0 Å². The normalized spacial score (nSPS) is 49.2. The summed E-state index contributed by atoms with van der Waals surface area (Å²) in [5.41, 5.74) is 0. The lowest BCUT2D eigenvalue weighted by Gasteiger charge is -2.35. The summed E-state index contributed by atoms with van der Waals surface area (Å²) < 4.78 is 0. The van der Waals surface area contributed by atoms with Crippen molar-refractivity contribution in [3.05, 3.63) is 0 Å². The van der Waals surface area contributed by atoms with Crippen LogP contribution in [0.2, 0.25) is 0 Å². The van der Waals surface area contributed by atoms with Gasteiger partial charge in [0.25, 0.3) is 0 Å². The Morgan fingerprint density at radius 1 is 1.10 bits per heavy atom. The fourth-order valence-corrected chi connectivity index (χ4v) is 2.44. The zero-order valence-electron chi connectivity index (χ0n) is 6.62. The maximum Gasteiger partial charge on any atom is 0.00785 e. The topological polar surface area (TPSA) is 0 Å². The molecule has 0 amide bonds. The Morgan fingerprint density at radius 2 is 1.70 bits per heavy atom. The van der Waals surface area contributed by atoms with Crippen molar-refractivity contribution in [3.8, 4) is 0 Å². The summed E-state index contributed by atoms with van der Waals surface area (Å²) in [4.78, 5) is 0. The van der Waals surface area contributed by atoms with Gasteiger partial charge in [0.2, 0.25) is 0 Å². The van der Waals surface area contributed by atoms with Crippen LogP contribution in [0.3, 0.4) is 0 Å². The second-order valence-electron chi connectivity index (χ2n) is 3.47. The highest BCUT2D eigenvalue weighted by atomic mass is 32.1. The van der Waals surface area contributed by atoms with Crippen LogP contribution >= 0.6 is 25.3 Å². The lowest BCUT2D eigenvalue weighted by atomic mass is 9.82. The number of thiol groups is 2. The van der Waals surface area contributed by atoms with Crippen molar-refractivity contribution >= 4 is 25.3 Å². The quantitative estimate of drug-likeness (QED) is 0.521. The summed E-state index contributed by atoms with van der Waals surface area (Å²) in [6.07, 6.45) is 2.56. The van der Waals surface area contributed by atoms with Crippen LogP contribution in [0.1, 0.15) is 26.7 Å². The van der Waals surface area contributed by atoms with E-state index in [1.165, 1.54) is 12.8 Å². The van der Waals surface area contributed by atoms with E-state index in [0.717, 1.165) is 5.92 Å². The molecule has 0 radical (unpaired) electrons. The molecule has 0 spiro atoms. The molecule has 0 saturated heterocycles. The lowest BCUT2D eigenvalue weighted by Crippen LogP contribution is -2.33. The van der Waals surface area contributed by atoms with Crippen LogP contribution in [-0.2, 0) is 0 Å². The van der Waals surface area contributed by atoms with E-state index in [-0.39, 0.29) is 0 Å². The standard InChI is InChI=1S/C8H16S2/c1-5-3-4-7(9)6(2)8(5)10/h5-10H,3-4H2,1-2H3. The molecule has 0 N–H and O–H groups in total. The monoisotopic (exact) mass is 176 g/mol. The molecule has 1 fully saturated rings. The molecular formula is C8H16S2. The van der Waals surface area contributed by atoms with E-state index in [2.05, 4.69) is 39.1 Å². The average molecular weight is 176 g/mol. The second-order valence-corrected chi connectivity index (χ2v) is 4.73. The molecule has 0 aliphatic heterocycles. The molecule has 1 rings (SSSR count). The van der Waals surface area contributed by atoms with Gasteiger partial charge < -0.3 is 0 Å². The molecule has 10 heavy (non-hydrogen) atoms. The molecule has 0 aromatic carbocycles. The molecule has 0 aromatic rings. The minimum absolute atomic E-state index is 0.566. The van der Waals surface area contributed by atoms with E-state index in [4.69, 9.17) is 0 Å². The Kier molecular flexibility index (Phi) is 2.99. The average Bonchev–Trinajstić information content (AvgIpc) is 1.93. The first kappa shape index (κ1) is 8.79. The highest BCUT2D eigenvalue weighted by Gasteiger charge is 2.29. The van der Waals surface area contributed by atoms with Crippen LogP contribution in [0.4, 0.5) is 0 Å². The summed E-state index contributed by atoms with van der Waals surface area (Å²) in [5, 5.41) is 1.15. The van der Waals surface area contributed by atoms with Gasteiger partial charge in [0.15, 0.2) is 0 Å². The predicted octanol–water partition coefficient (Wildman–Crippen LogP) is 2.65. The lowest BCUT2D eigenvalue weighted by molar-refractivity contribution is 0.326. The van der Waals surface area contributed by atoms with E-state index in [9.17, 15) is 0 Å². The molecule has 0 aromatic heterocycles. The van der Waals surface area contributed by atoms with E-state index < -0.39 is 0 Å². The fraction of sp³-hybridized carbons (Fsp3) is 1.00. The minimum Gasteiger partial charge on any atom is -0.176 e. The molecule has 60 valence electrons. The van der Waals surface area contributed by atoms with Gasteiger partial charge in [0.1, 0.15) is 0 Å². The van der Waals surface area contributed by atoms with Gasteiger partial charge in [-0.1, -0.05) is 13.8 Å². The Labute approximate surface area is 74.6 Å². The first-order chi connectivity index (χ1) is 4.63. The Balaban J connectivity index is 2.52. The van der Waals surface area contributed by atoms with Crippen LogP contribution in [0, 0.1) is 11.8 Å². The zero-order chi connectivity index (χ0) is 7.72. The molecule has 0 heterocycles. The van der Waals surface area contributed by atoms with E-state index >= 15 is 0 Å². The van der Waals surface area contributed by atoms with Crippen molar-refractivity contribution in [2.24, 2.45) is 11.8 Å². The molecule has 4 unspecified atom stereocenters. The minimum atomic E-state index is 0.566. The molecule has 0 nitrogen and oxygen atoms in total. The molecule has 0 bridgehead atoms. The third-order valence-corrected chi connectivity index (χ3v) is 4.35. The van der Waals surface area contributed by atoms with Gasteiger partial charge in [0, 0.05) is 10.5 Å². The number of rotatable bonds is 0. The maximum atomic E-state index is 4.56. The second kappa shape index (κ2) is 3.40. The van der Waals surface area contributed by atoms with Crippen molar-refractivity contribution in [3.63, 3.8) is 0 Å². The molecule has 2 heteroatoms. The van der Waals surface area contributed by atoms with Gasteiger partial charge in [-0.25, -0.2) is 0 Å². The van der Waals surface area contributed by atoms with Gasteiger partial charge in [-0.05, 0) is 24.7 Å². The Morgan fingerprint density at radius 3 is 2.20 bits per heavy atom. The largest absolute Gasteiger partial charge is 0.176 e. The molecule has 4 atom stereocenters. The van der Waals surface area contributed by atoms with Crippen molar-refractivity contribution in [1.29, 1.82) is 0 Å². The fourth-order valence-electron chi connectivity index (χ4n) is 1.61. The summed E-state index contributed by atoms with van der Waals surface area (Å²) in [6, 6.07) is 0. The van der Waals surface area contributed by atoms with Crippen LogP contribution in [0.15, 0.2) is 0 Å². The maximum absolute atomic E-state index is 4.56. The number of hydrogen-bond acceptors (Lipinski definition) is 2. The van der Waals surface area contributed by atoms with Crippen LogP contribution in [0.5, 0.6) is 0 Å². The van der Waals surface area contributed by atoms with Crippen LogP contribution in [-0.4, -0.2) is 10.5 Å². The first-order valence-electron chi connectivity index (χ1n) is 3.99. The van der Waals surface area contributed by atoms with Crippen molar-refractivity contribution in [2.75, 3.05) is 0 Å². The zero-order valence-corrected chi connectivity index (χ0v) is 8.41. The Hall–Kier alpha value is 0.700. The predicted molar refractivity (Wildman–Crippen MR) is 53.1 cm³/mol. The van der Waals surface area contributed by atoms with Crippen molar-refractivity contribution in [2.45, 2.75) is 37.2 Å². The highest BCUT2D eigenvalue weighted by Crippen LogP contribution is 2.35.